The molecule has 0 aliphatic carbocycles. The molecule has 1 aromatic carbocycles. The Morgan fingerprint density at radius 2 is 2.22 bits per heavy atom. The van der Waals surface area contributed by atoms with E-state index in [4.69, 9.17) is 0 Å². The minimum absolute atomic E-state index is 0.0676. The number of nitrogens with one attached hydrogen (secondary N) is 1. The molecule has 1 aliphatic rings. The van der Waals surface area contributed by atoms with Gasteiger partial charge in [0, 0.05) is 29.4 Å². The molecule has 1 fully saturated rings. The van der Waals surface area contributed by atoms with Gasteiger partial charge in [-0.3, -0.25) is 4.79 Å². The molecule has 0 radical (unpaired) electrons. The molecule has 3 N–H and O–H groups in total. The molecule has 1 aromatic heterocycles. The molecule has 2 atom stereocenters. The molecule has 2 heterocycles. The number of aromatic nitrogens is 1. The third-order valence-corrected chi connectivity index (χ3v) is 5.00. The Bertz CT molecular complexity index is 663. The number of likely N-dealkylation sites (tertiary alicyclic amines) is 1. The first-order valence-electron chi connectivity index (χ1n) is 8.25. The summed E-state index contributed by atoms with van der Waals surface area (Å²) in [4.78, 5) is 17.7. The third kappa shape index (κ3) is 2.86. The Balaban J connectivity index is 1.84. The van der Waals surface area contributed by atoms with Crippen molar-refractivity contribution in [3.8, 4) is 0 Å². The molecular weight excluding hydrogens is 292 g/mol. The highest BCUT2D eigenvalue weighted by Gasteiger charge is 2.43. The standard InChI is InChI=1S/C18H24N2O3/c1-2-8-18(12-21)11-20(9-7-16(18)22)17(23)15-10-13-5-3-4-6-14(13)19-15/h3-6,10,16,19,21-22H,2,7-9,11-12H2,1H3/t16-,18-/m0/s1. The SMILES string of the molecule is CCC[C@@]1(CO)CN(C(=O)c2cc3ccccc3[nH]2)CC[C@@H]1O. The highest BCUT2D eigenvalue weighted by atomic mass is 16.3. The summed E-state index contributed by atoms with van der Waals surface area (Å²) in [6, 6.07) is 9.66. The quantitative estimate of drug-likeness (QED) is 0.809. The number of carbonyl (C=O) groups is 1. The predicted molar refractivity (Wildman–Crippen MR) is 89.3 cm³/mol. The number of H-pyrrole nitrogens is 1. The maximum atomic E-state index is 12.8. The second-order valence-electron chi connectivity index (χ2n) is 6.57. The number of benzene rings is 1. The van der Waals surface area contributed by atoms with E-state index in [-0.39, 0.29) is 12.5 Å². The summed E-state index contributed by atoms with van der Waals surface area (Å²) in [5, 5.41) is 21.2. The van der Waals surface area contributed by atoms with Gasteiger partial charge in [-0.2, -0.15) is 0 Å². The number of fused-ring (bicyclic) bond motifs is 1. The van der Waals surface area contributed by atoms with E-state index in [1.807, 2.05) is 37.3 Å². The van der Waals surface area contributed by atoms with Crippen molar-refractivity contribution in [1.82, 2.24) is 9.88 Å². The van der Waals surface area contributed by atoms with Crippen molar-refractivity contribution < 1.29 is 15.0 Å². The van der Waals surface area contributed by atoms with E-state index in [0.717, 1.165) is 17.3 Å². The van der Waals surface area contributed by atoms with Crippen LogP contribution in [0.25, 0.3) is 10.9 Å². The maximum absolute atomic E-state index is 12.8. The summed E-state index contributed by atoms with van der Waals surface area (Å²) < 4.78 is 0. The van der Waals surface area contributed by atoms with Crippen LogP contribution in [0, 0.1) is 5.41 Å². The molecule has 2 aromatic rings. The number of piperidine rings is 1. The molecule has 5 heteroatoms. The maximum Gasteiger partial charge on any atom is 0.270 e. The van der Waals surface area contributed by atoms with E-state index >= 15 is 0 Å². The molecule has 0 saturated carbocycles. The minimum atomic E-state index is -0.603. The second kappa shape index (κ2) is 6.34. The first-order chi connectivity index (χ1) is 11.1. The van der Waals surface area contributed by atoms with Gasteiger partial charge in [0.2, 0.25) is 0 Å². The number of hydrogen-bond donors (Lipinski definition) is 3. The van der Waals surface area contributed by atoms with Crippen LogP contribution >= 0.6 is 0 Å². The summed E-state index contributed by atoms with van der Waals surface area (Å²) in [6.07, 6.45) is 1.53. The number of aromatic amines is 1. The van der Waals surface area contributed by atoms with Crippen molar-refractivity contribution in [1.29, 1.82) is 0 Å². The molecular formula is C18H24N2O3. The summed E-state index contributed by atoms with van der Waals surface area (Å²) in [5.74, 6) is -0.0676. The number of aliphatic hydroxyl groups excluding tert-OH is 2. The molecule has 1 amide bonds. The van der Waals surface area contributed by atoms with Gasteiger partial charge < -0.3 is 20.1 Å². The topological polar surface area (TPSA) is 76.6 Å². The number of para-hydroxylation sites is 1. The summed E-state index contributed by atoms with van der Waals surface area (Å²) in [7, 11) is 0. The van der Waals surface area contributed by atoms with Crippen LogP contribution in [0.4, 0.5) is 0 Å². The summed E-state index contributed by atoms with van der Waals surface area (Å²) in [5.41, 5.74) is 0.898. The van der Waals surface area contributed by atoms with E-state index in [0.29, 0.717) is 31.6 Å². The van der Waals surface area contributed by atoms with Gasteiger partial charge in [0.1, 0.15) is 5.69 Å². The first kappa shape index (κ1) is 16.0. The number of hydrogen-bond acceptors (Lipinski definition) is 3. The van der Waals surface area contributed by atoms with Gasteiger partial charge in [0.05, 0.1) is 12.7 Å². The van der Waals surface area contributed by atoms with E-state index < -0.39 is 11.5 Å². The average Bonchev–Trinajstić information content (AvgIpc) is 3.00. The molecule has 0 spiro atoms. The van der Waals surface area contributed by atoms with E-state index in [1.54, 1.807) is 4.90 Å². The Morgan fingerprint density at radius 1 is 1.43 bits per heavy atom. The number of amides is 1. The number of carbonyl (C=O) groups excluding carboxylic acids is 1. The smallest absolute Gasteiger partial charge is 0.270 e. The van der Waals surface area contributed by atoms with Gasteiger partial charge in [-0.05, 0) is 25.0 Å². The van der Waals surface area contributed by atoms with E-state index in [9.17, 15) is 15.0 Å². The zero-order valence-electron chi connectivity index (χ0n) is 13.5. The van der Waals surface area contributed by atoms with Crippen molar-refractivity contribution in [3.05, 3.63) is 36.0 Å². The lowest BCUT2D eigenvalue weighted by atomic mass is 9.74. The van der Waals surface area contributed by atoms with Crippen LogP contribution < -0.4 is 0 Å². The second-order valence-corrected chi connectivity index (χ2v) is 6.57. The van der Waals surface area contributed by atoms with Crippen molar-refractivity contribution in [2.24, 2.45) is 5.41 Å². The Morgan fingerprint density at radius 3 is 2.91 bits per heavy atom. The summed E-state index contributed by atoms with van der Waals surface area (Å²) in [6.45, 7) is 2.84. The number of nitrogens with zero attached hydrogens (tertiary/aromatic N) is 1. The molecule has 3 rings (SSSR count). The van der Waals surface area contributed by atoms with Crippen LogP contribution in [-0.2, 0) is 0 Å². The van der Waals surface area contributed by atoms with Crippen LogP contribution in [0.2, 0.25) is 0 Å². The zero-order valence-corrected chi connectivity index (χ0v) is 13.5. The van der Waals surface area contributed by atoms with Crippen molar-refractivity contribution in [3.63, 3.8) is 0 Å². The van der Waals surface area contributed by atoms with Gasteiger partial charge in [-0.25, -0.2) is 0 Å². The highest BCUT2D eigenvalue weighted by Crippen LogP contribution is 2.35. The molecule has 0 bridgehead atoms. The minimum Gasteiger partial charge on any atom is -0.396 e. The highest BCUT2D eigenvalue weighted by molar-refractivity contribution is 5.98. The molecule has 1 aliphatic heterocycles. The molecule has 5 nitrogen and oxygen atoms in total. The average molecular weight is 316 g/mol. The normalized spacial score (nSPS) is 25.0. The molecule has 1 saturated heterocycles. The fourth-order valence-corrected chi connectivity index (χ4v) is 3.66. The number of aliphatic hydroxyl groups is 2. The van der Waals surface area contributed by atoms with Gasteiger partial charge >= 0.3 is 0 Å². The van der Waals surface area contributed by atoms with Gasteiger partial charge in [0.25, 0.3) is 5.91 Å². The Hall–Kier alpha value is -1.85. The van der Waals surface area contributed by atoms with Crippen LogP contribution in [0.3, 0.4) is 0 Å². The lowest BCUT2D eigenvalue weighted by molar-refractivity contribution is -0.0721. The summed E-state index contributed by atoms with van der Waals surface area (Å²) >= 11 is 0. The van der Waals surface area contributed by atoms with Gasteiger partial charge in [-0.15, -0.1) is 0 Å². The van der Waals surface area contributed by atoms with Crippen LogP contribution in [0.15, 0.2) is 30.3 Å². The Labute approximate surface area is 135 Å². The first-order valence-corrected chi connectivity index (χ1v) is 8.25. The largest absolute Gasteiger partial charge is 0.396 e. The fraction of sp³-hybridized carbons (Fsp3) is 0.500. The third-order valence-electron chi connectivity index (χ3n) is 5.00. The molecule has 0 unspecified atom stereocenters. The number of rotatable bonds is 4. The van der Waals surface area contributed by atoms with Crippen molar-refractivity contribution >= 4 is 16.8 Å². The van der Waals surface area contributed by atoms with E-state index in [2.05, 4.69) is 4.98 Å². The van der Waals surface area contributed by atoms with Crippen LogP contribution in [0.1, 0.15) is 36.7 Å². The molecule has 124 valence electrons. The van der Waals surface area contributed by atoms with Crippen LogP contribution in [-0.4, -0.2) is 51.8 Å². The van der Waals surface area contributed by atoms with Gasteiger partial charge in [0.15, 0.2) is 0 Å². The predicted octanol–water partition coefficient (Wildman–Crippen LogP) is 2.15. The van der Waals surface area contributed by atoms with Crippen molar-refractivity contribution in [2.75, 3.05) is 19.7 Å². The molecule has 23 heavy (non-hydrogen) atoms. The monoisotopic (exact) mass is 316 g/mol. The van der Waals surface area contributed by atoms with E-state index in [1.165, 1.54) is 0 Å². The van der Waals surface area contributed by atoms with Crippen molar-refractivity contribution in [2.45, 2.75) is 32.3 Å². The zero-order chi connectivity index (χ0) is 16.4. The van der Waals surface area contributed by atoms with Gasteiger partial charge in [-0.1, -0.05) is 31.5 Å². The Kier molecular flexibility index (Phi) is 4.41. The lowest BCUT2D eigenvalue weighted by Gasteiger charge is -2.45. The van der Waals surface area contributed by atoms with Crippen LogP contribution in [0.5, 0.6) is 0 Å². The fourth-order valence-electron chi connectivity index (χ4n) is 3.66. The lowest BCUT2D eigenvalue weighted by Crippen LogP contribution is -2.55.